The van der Waals surface area contributed by atoms with Crippen molar-refractivity contribution in [2.24, 2.45) is 5.41 Å². The van der Waals surface area contributed by atoms with Gasteiger partial charge < -0.3 is 19.5 Å². The summed E-state index contributed by atoms with van der Waals surface area (Å²) in [6.45, 7) is 13.3. The number of rotatable bonds is 18. The first-order valence-electron chi connectivity index (χ1n) is 22.7. The highest BCUT2D eigenvalue weighted by molar-refractivity contribution is 7.99. The molecule has 18 heteroatoms. The van der Waals surface area contributed by atoms with Gasteiger partial charge in [0.1, 0.15) is 4.90 Å². The van der Waals surface area contributed by atoms with Gasteiger partial charge in [0.15, 0.2) is 0 Å². The topological polar surface area (TPSA) is 121 Å². The lowest BCUT2D eigenvalue weighted by Gasteiger charge is -2.39. The largest absolute Gasteiger partial charge is 0.501 e. The van der Waals surface area contributed by atoms with Crippen molar-refractivity contribution in [3.8, 4) is 0 Å². The van der Waals surface area contributed by atoms with E-state index < -0.39 is 45.0 Å². The zero-order chi connectivity index (χ0) is 47.8. The molecule has 0 radical (unpaired) electrons. The van der Waals surface area contributed by atoms with Gasteiger partial charge in [-0.15, -0.1) is 11.8 Å². The standard InChI is InChI=1S/C49H60ClF3N5O6PS2/c1-4-64-65(60,42-18-19-45(46(32-42)67(61,62)49(51,52)53)54-40(21-23-56-28-30-63-31-29-56)35-66-43-8-6-5-7-9-43)55-47(59)37-12-16-41(17-13-37)58-26-24-57(25-27-58)34-38-33-48(2,3)22-20-44(38)36-10-14-39(50)15-11-36/h5-19,32,40,54H,4,20-31,33-35H2,1-3H3,(H,55,59,60)/t40-,65+/m1/s1. The molecule has 67 heavy (non-hydrogen) atoms. The van der Waals surface area contributed by atoms with Crippen LogP contribution in [0.25, 0.3) is 5.57 Å². The number of benzene rings is 4. The number of sulfone groups is 1. The third-order valence-corrected chi connectivity index (χ3v) is 17.6. The van der Waals surface area contributed by atoms with Gasteiger partial charge in [-0.05, 0) is 116 Å². The summed E-state index contributed by atoms with van der Waals surface area (Å²) < 4.78 is 95.3. The second kappa shape index (κ2) is 22.3. The first-order chi connectivity index (χ1) is 31.9. The van der Waals surface area contributed by atoms with E-state index in [0.717, 1.165) is 67.6 Å². The minimum Gasteiger partial charge on any atom is -0.380 e. The smallest absolute Gasteiger partial charge is 0.380 e. The first kappa shape index (κ1) is 51.0. The molecule has 2 aliphatic heterocycles. The molecular weight excluding hydrogens is 942 g/mol. The summed E-state index contributed by atoms with van der Waals surface area (Å²) in [5.41, 5.74) is -0.595. The number of carbonyl (C=O) groups is 1. The van der Waals surface area contributed by atoms with Gasteiger partial charge in [0.25, 0.3) is 15.7 Å². The van der Waals surface area contributed by atoms with E-state index in [9.17, 15) is 30.9 Å². The normalized spacial score (nSPS) is 18.9. The quantitative estimate of drug-likeness (QED) is 0.0733. The Morgan fingerprint density at radius 1 is 0.925 bits per heavy atom. The molecule has 0 aromatic heterocycles. The average Bonchev–Trinajstić information content (AvgIpc) is 3.31. The number of carbonyl (C=O) groups excluding carboxylic acids is 1. The molecule has 2 saturated heterocycles. The van der Waals surface area contributed by atoms with E-state index >= 15 is 0 Å². The second-order valence-corrected chi connectivity index (χ2v) is 23.5. The van der Waals surface area contributed by atoms with E-state index in [1.54, 1.807) is 24.3 Å². The number of anilines is 2. The van der Waals surface area contributed by atoms with Crippen LogP contribution < -0.4 is 20.6 Å². The minimum absolute atomic E-state index is 0.143. The molecule has 3 aliphatic rings. The van der Waals surface area contributed by atoms with Crippen molar-refractivity contribution >= 4 is 68.9 Å². The summed E-state index contributed by atoms with van der Waals surface area (Å²) in [4.78, 5) is 20.5. The number of piperazine rings is 1. The number of morpholine rings is 1. The molecule has 0 spiro atoms. The zero-order valence-electron chi connectivity index (χ0n) is 38.2. The van der Waals surface area contributed by atoms with Gasteiger partial charge in [0, 0.05) is 85.3 Å². The zero-order valence-corrected chi connectivity index (χ0v) is 41.5. The van der Waals surface area contributed by atoms with Gasteiger partial charge in [-0.3, -0.25) is 24.2 Å². The fourth-order valence-corrected chi connectivity index (χ4v) is 12.7. The van der Waals surface area contributed by atoms with E-state index in [-0.39, 0.29) is 23.3 Å². The number of amides is 1. The summed E-state index contributed by atoms with van der Waals surface area (Å²) >= 11 is 7.69. The molecule has 362 valence electrons. The lowest BCUT2D eigenvalue weighted by Crippen LogP contribution is -2.47. The highest BCUT2D eigenvalue weighted by atomic mass is 35.5. The molecule has 1 aliphatic carbocycles. The molecule has 11 nitrogen and oxygen atoms in total. The van der Waals surface area contributed by atoms with Gasteiger partial charge in [-0.1, -0.05) is 61.4 Å². The van der Waals surface area contributed by atoms with Crippen LogP contribution in [-0.2, 0) is 23.7 Å². The lowest BCUT2D eigenvalue weighted by molar-refractivity contribution is -0.0435. The maximum absolute atomic E-state index is 14.5. The minimum atomic E-state index is -5.98. The molecule has 2 fully saturated rings. The van der Waals surface area contributed by atoms with Crippen LogP contribution in [0.5, 0.6) is 0 Å². The van der Waals surface area contributed by atoms with E-state index in [1.165, 1.54) is 47.5 Å². The molecule has 0 saturated carbocycles. The van der Waals surface area contributed by atoms with E-state index in [4.69, 9.17) is 20.9 Å². The highest BCUT2D eigenvalue weighted by Gasteiger charge is 2.49. The maximum Gasteiger partial charge on any atom is 0.501 e. The summed E-state index contributed by atoms with van der Waals surface area (Å²) in [5.74, 6) is -0.384. The third kappa shape index (κ3) is 13.3. The number of halogens is 4. The molecule has 2 atom stereocenters. The van der Waals surface area contributed by atoms with Crippen LogP contribution in [0, 0.1) is 5.41 Å². The molecule has 7 rings (SSSR count). The molecule has 1 amide bonds. The van der Waals surface area contributed by atoms with E-state index in [2.05, 4.69) is 51.1 Å². The highest BCUT2D eigenvalue weighted by Crippen LogP contribution is 2.45. The number of hydrogen-bond donors (Lipinski definition) is 2. The van der Waals surface area contributed by atoms with Crippen molar-refractivity contribution in [3.63, 3.8) is 0 Å². The third-order valence-electron chi connectivity index (χ3n) is 12.6. The SMILES string of the molecule is CCO[P@](=O)(NC(=O)c1ccc(N2CCN(CC3=C(c4ccc(Cl)cc4)CCC(C)(C)C3)CC2)cc1)c1ccc(N[C@H](CCN2CCOCC2)CSc2ccccc2)c(S(=O)(=O)C(F)(F)F)c1. The predicted molar refractivity (Wildman–Crippen MR) is 264 cm³/mol. The van der Waals surface area contributed by atoms with Crippen LogP contribution in [0.1, 0.15) is 62.4 Å². The summed E-state index contributed by atoms with van der Waals surface area (Å²) in [7, 11) is -10.5. The summed E-state index contributed by atoms with van der Waals surface area (Å²) in [6.07, 6.45) is 3.68. The Hall–Kier alpha value is -3.86. The molecule has 2 N–H and O–H groups in total. The summed E-state index contributed by atoms with van der Waals surface area (Å²) in [5, 5.41) is 5.83. The maximum atomic E-state index is 14.5. The van der Waals surface area contributed by atoms with Crippen molar-refractivity contribution in [1.82, 2.24) is 14.9 Å². The molecule has 0 unspecified atom stereocenters. The van der Waals surface area contributed by atoms with Crippen molar-refractivity contribution < 1.29 is 40.2 Å². The van der Waals surface area contributed by atoms with Gasteiger partial charge in [-0.25, -0.2) is 8.42 Å². The Balaban J connectivity index is 1.05. The van der Waals surface area contributed by atoms with Crippen LogP contribution in [-0.4, -0.2) is 114 Å². The van der Waals surface area contributed by atoms with Crippen molar-refractivity contribution in [1.29, 1.82) is 0 Å². The Bertz CT molecular complexity index is 2500. The monoisotopic (exact) mass is 1000 g/mol. The Kier molecular flexibility index (Phi) is 16.9. The number of thioether (sulfide) groups is 1. The fraction of sp³-hybridized carbons (Fsp3) is 0.449. The second-order valence-electron chi connectivity index (χ2n) is 18.0. The molecule has 4 aromatic carbocycles. The van der Waals surface area contributed by atoms with Crippen LogP contribution in [0.2, 0.25) is 5.02 Å². The molecule has 2 heterocycles. The Labute approximate surface area is 402 Å². The summed E-state index contributed by atoms with van der Waals surface area (Å²) in [6, 6.07) is 27.1. The number of ether oxygens (including phenoxy) is 1. The number of alkyl halides is 3. The molecule has 4 aromatic rings. The first-order valence-corrected chi connectivity index (χ1v) is 27.2. The molecule has 0 bridgehead atoms. The number of nitrogens with one attached hydrogen (secondary N) is 2. The van der Waals surface area contributed by atoms with Gasteiger partial charge in [-0.2, -0.15) is 13.2 Å². The average molecular weight is 1000 g/mol. The number of hydrogen-bond acceptors (Lipinski definition) is 11. The van der Waals surface area contributed by atoms with E-state index in [1.807, 2.05) is 42.5 Å². The van der Waals surface area contributed by atoms with Crippen LogP contribution in [0.3, 0.4) is 0 Å². The Morgan fingerprint density at radius 2 is 1.61 bits per heavy atom. The van der Waals surface area contributed by atoms with Gasteiger partial charge in [0.05, 0.1) is 30.8 Å². The number of allylic oxidation sites excluding steroid dienone is 1. The van der Waals surface area contributed by atoms with E-state index in [0.29, 0.717) is 51.1 Å². The number of nitrogens with zero attached hydrogens (tertiary/aromatic N) is 3. The fourth-order valence-electron chi connectivity index (χ4n) is 8.83. The van der Waals surface area contributed by atoms with Crippen molar-refractivity contribution in [3.05, 3.63) is 119 Å². The Morgan fingerprint density at radius 3 is 2.27 bits per heavy atom. The van der Waals surface area contributed by atoms with Crippen LogP contribution in [0.15, 0.2) is 112 Å². The lowest BCUT2D eigenvalue weighted by atomic mass is 9.73. The predicted octanol–water partition coefficient (Wildman–Crippen LogP) is 10.00. The van der Waals surface area contributed by atoms with Crippen molar-refractivity contribution in [2.75, 3.05) is 88.1 Å². The van der Waals surface area contributed by atoms with Gasteiger partial charge >= 0.3 is 13.0 Å². The van der Waals surface area contributed by atoms with Crippen LogP contribution >= 0.6 is 30.9 Å². The van der Waals surface area contributed by atoms with Crippen molar-refractivity contribution in [2.45, 2.75) is 67.8 Å². The van der Waals surface area contributed by atoms with Gasteiger partial charge in [0.2, 0.25) is 0 Å². The van der Waals surface area contributed by atoms with Crippen LogP contribution in [0.4, 0.5) is 24.5 Å². The molecular formula is C49H60ClF3N5O6PS2.